The molecule has 6 nitrogen and oxygen atoms in total. The van der Waals surface area contributed by atoms with E-state index in [0.29, 0.717) is 12.8 Å². The number of aliphatic hydroxyl groups is 2. The minimum Gasteiger partial charge on any atom is -0.388 e. The molecular formula is C28H35NO5. The number of fused-ring (bicyclic) bond motifs is 2. The molecule has 2 aliphatic carbocycles. The molecule has 2 saturated heterocycles. The number of ether oxygens (including phenoxy) is 1. The zero-order valence-electron chi connectivity index (χ0n) is 20.3. The first-order valence-electron chi connectivity index (χ1n) is 12.4. The molecule has 1 saturated carbocycles. The van der Waals surface area contributed by atoms with Crippen LogP contribution < -0.4 is 5.32 Å². The van der Waals surface area contributed by atoms with Crippen molar-refractivity contribution in [2.75, 3.05) is 0 Å². The van der Waals surface area contributed by atoms with Gasteiger partial charge in [-0.2, -0.15) is 0 Å². The summed E-state index contributed by atoms with van der Waals surface area (Å²) in [5.41, 5.74) is -2.12. The molecular weight excluding hydrogens is 430 g/mol. The van der Waals surface area contributed by atoms with Gasteiger partial charge >= 0.3 is 0 Å². The minimum absolute atomic E-state index is 0.0176. The number of amides is 1. The highest BCUT2D eigenvalue weighted by molar-refractivity contribution is 5.91. The predicted molar refractivity (Wildman–Crippen MR) is 128 cm³/mol. The van der Waals surface area contributed by atoms with Gasteiger partial charge in [-0.3, -0.25) is 9.59 Å². The predicted octanol–water partition coefficient (Wildman–Crippen LogP) is 2.59. The van der Waals surface area contributed by atoms with Gasteiger partial charge in [0.15, 0.2) is 5.78 Å². The van der Waals surface area contributed by atoms with E-state index in [0.717, 1.165) is 5.56 Å². The lowest BCUT2D eigenvalue weighted by Gasteiger charge is -2.48. The maximum absolute atomic E-state index is 13.9. The molecule has 1 aromatic carbocycles. The number of Topliss-reactive ketones (excluding diaryl/α,β-unsaturated/α-hetero) is 1. The Morgan fingerprint density at radius 3 is 2.53 bits per heavy atom. The summed E-state index contributed by atoms with van der Waals surface area (Å²) >= 11 is 0. The van der Waals surface area contributed by atoms with Crippen molar-refractivity contribution in [3.05, 3.63) is 60.2 Å². The Morgan fingerprint density at radius 2 is 1.82 bits per heavy atom. The van der Waals surface area contributed by atoms with E-state index in [4.69, 9.17) is 4.74 Å². The lowest BCUT2D eigenvalue weighted by atomic mass is 9.51. The maximum atomic E-state index is 13.9. The highest BCUT2D eigenvalue weighted by Gasteiger charge is 2.77. The Bertz CT molecular complexity index is 1050. The van der Waals surface area contributed by atoms with Crippen LogP contribution >= 0.6 is 0 Å². The normalized spacial score (nSPS) is 47.8. The topological polar surface area (TPSA) is 99.2 Å². The van der Waals surface area contributed by atoms with Gasteiger partial charge in [0.2, 0.25) is 5.91 Å². The fourth-order valence-corrected chi connectivity index (χ4v) is 7.04. The second kappa shape index (κ2) is 7.87. The van der Waals surface area contributed by atoms with Crippen LogP contribution in [0.1, 0.15) is 39.7 Å². The van der Waals surface area contributed by atoms with E-state index in [1.54, 1.807) is 6.92 Å². The first-order valence-corrected chi connectivity index (χ1v) is 12.4. The van der Waals surface area contributed by atoms with E-state index in [1.807, 2.05) is 30.4 Å². The number of allylic oxidation sites excluding steroid dienone is 1. The summed E-state index contributed by atoms with van der Waals surface area (Å²) in [6, 6.07) is 9.89. The molecule has 2 aliphatic heterocycles. The average Bonchev–Trinajstić information content (AvgIpc) is 3.42. The zero-order valence-corrected chi connectivity index (χ0v) is 20.3. The molecule has 182 valence electrons. The third-order valence-electron chi connectivity index (χ3n) is 9.07. The Balaban J connectivity index is 1.64. The number of hydrogen-bond donors (Lipinski definition) is 3. The number of hydrogen-bond acceptors (Lipinski definition) is 5. The van der Waals surface area contributed by atoms with Gasteiger partial charge in [-0.25, -0.2) is 0 Å². The van der Waals surface area contributed by atoms with Crippen molar-refractivity contribution in [3.63, 3.8) is 0 Å². The number of carbonyl (C=O) groups is 2. The van der Waals surface area contributed by atoms with E-state index in [2.05, 4.69) is 31.3 Å². The zero-order chi connectivity index (χ0) is 24.5. The first-order chi connectivity index (χ1) is 16.0. The molecule has 1 aromatic rings. The van der Waals surface area contributed by atoms with E-state index in [9.17, 15) is 19.8 Å². The van der Waals surface area contributed by atoms with Gasteiger partial charge in [0, 0.05) is 23.8 Å². The van der Waals surface area contributed by atoms with Crippen LogP contribution in [0.25, 0.3) is 0 Å². The van der Waals surface area contributed by atoms with E-state index in [-0.39, 0.29) is 47.2 Å². The fraction of sp³-hybridized carbons (Fsp3) is 0.571. The molecule has 5 rings (SSSR count). The monoisotopic (exact) mass is 465 g/mol. The molecule has 0 radical (unpaired) electrons. The van der Waals surface area contributed by atoms with Gasteiger partial charge in [-0.05, 0) is 44.2 Å². The standard InChI is InChI=1S/C28H35NO5/c1-16-9-8-12-19-24-27(4,34-24)17(2)22-20(15-18-10-6-5-7-11-18)29-25(32)28(19,22)21(30)13-14-26(3,33)23(16)31/h5-8,10-14,16-17,19-22,24,30,33H,9,15H2,1-4H3,(H,29,32)/t16-,17-,19-,20-,21+,22-,24-,26+,27+,28?/m0/s1. The summed E-state index contributed by atoms with van der Waals surface area (Å²) < 4.78 is 6.28. The smallest absolute Gasteiger partial charge is 0.230 e. The van der Waals surface area contributed by atoms with Crippen LogP contribution in [-0.4, -0.2) is 51.4 Å². The maximum Gasteiger partial charge on any atom is 0.230 e. The third kappa shape index (κ3) is 3.26. The van der Waals surface area contributed by atoms with Crippen LogP contribution in [0.5, 0.6) is 0 Å². The number of aliphatic hydroxyl groups excluding tert-OH is 1. The van der Waals surface area contributed by atoms with Crippen LogP contribution in [-0.2, 0) is 20.7 Å². The van der Waals surface area contributed by atoms with Crippen LogP contribution in [0.3, 0.4) is 0 Å². The van der Waals surface area contributed by atoms with Gasteiger partial charge in [-0.15, -0.1) is 0 Å². The van der Waals surface area contributed by atoms with Crippen molar-refractivity contribution >= 4 is 11.7 Å². The van der Waals surface area contributed by atoms with Crippen molar-refractivity contribution in [1.82, 2.24) is 5.32 Å². The summed E-state index contributed by atoms with van der Waals surface area (Å²) in [6.07, 6.45) is 6.48. The number of benzene rings is 1. The van der Waals surface area contributed by atoms with E-state index < -0.39 is 23.0 Å². The quantitative estimate of drug-likeness (QED) is 0.461. The van der Waals surface area contributed by atoms with Crippen LogP contribution in [0.4, 0.5) is 0 Å². The molecule has 6 heteroatoms. The number of carbonyl (C=O) groups excluding carboxylic acids is 2. The molecule has 0 aromatic heterocycles. The fourth-order valence-electron chi connectivity index (χ4n) is 7.04. The van der Waals surface area contributed by atoms with Crippen molar-refractivity contribution in [2.24, 2.45) is 29.1 Å². The highest BCUT2D eigenvalue weighted by Crippen LogP contribution is 2.66. The lowest BCUT2D eigenvalue weighted by molar-refractivity contribution is -0.142. The van der Waals surface area contributed by atoms with Crippen molar-refractivity contribution in [2.45, 2.75) is 70.0 Å². The molecule has 10 atom stereocenters. The number of nitrogens with one attached hydrogen (secondary N) is 1. The van der Waals surface area contributed by atoms with Gasteiger partial charge in [0.25, 0.3) is 0 Å². The molecule has 1 unspecified atom stereocenters. The van der Waals surface area contributed by atoms with Crippen molar-refractivity contribution in [1.29, 1.82) is 0 Å². The molecule has 1 spiro atoms. The summed E-state index contributed by atoms with van der Waals surface area (Å²) in [4.78, 5) is 26.7. The van der Waals surface area contributed by atoms with Gasteiger partial charge < -0.3 is 20.3 Å². The van der Waals surface area contributed by atoms with Gasteiger partial charge in [0.1, 0.15) is 5.60 Å². The van der Waals surface area contributed by atoms with Gasteiger partial charge in [0.05, 0.1) is 23.2 Å². The third-order valence-corrected chi connectivity index (χ3v) is 9.07. The largest absolute Gasteiger partial charge is 0.388 e. The highest BCUT2D eigenvalue weighted by atomic mass is 16.6. The van der Waals surface area contributed by atoms with Crippen molar-refractivity contribution in [3.8, 4) is 0 Å². The molecule has 3 N–H and O–H groups in total. The second-order valence-corrected chi connectivity index (χ2v) is 11.1. The molecule has 0 bridgehead atoms. The average molecular weight is 466 g/mol. The molecule has 2 heterocycles. The second-order valence-electron chi connectivity index (χ2n) is 11.1. The summed E-state index contributed by atoms with van der Waals surface area (Å²) in [5.74, 6) is -1.41. The number of rotatable bonds is 2. The number of epoxide rings is 1. The van der Waals surface area contributed by atoms with Crippen LogP contribution in [0.15, 0.2) is 54.6 Å². The SMILES string of the molecule is C[C@H]1CC=C[C@H]2[C@@H]3O[C@]3(C)[C@@H](C)[C@H]3[C@H](Cc4ccccc4)NC(=O)C32[C@H](O)C=C[C@@](C)(O)C1=O. The summed E-state index contributed by atoms with van der Waals surface area (Å²) in [5, 5.41) is 25.8. The van der Waals surface area contributed by atoms with Gasteiger partial charge in [-0.1, -0.05) is 62.4 Å². The van der Waals surface area contributed by atoms with Crippen molar-refractivity contribution < 1.29 is 24.5 Å². The van der Waals surface area contributed by atoms with E-state index >= 15 is 0 Å². The van der Waals surface area contributed by atoms with E-state index in [1.165, 1.54) is 19.1 Å². The Hall–Kier alpha value is -2.28. The summed E-state index contributed by atoms with van der Waals surface area (Å²) in [6.45, 7) is 7.46. The molecule has 3 fully saturated rings. The van der Waals surface area contributed by atoms with Crippen LogP contribution in [0, 0.1) is 29.1 Å². The Kier molecular flexibility index (Phi) is 5.43. The number of ketones is 1. The molecule has 1 amide bonds. The minimum atomic E-state index is -1.72. The lowest BCUT2D eigenvalue weighted by Crippen LogP contribution is -2.59. The first kappa shape index (κ1) is 23.5. The molecule has 34 heavy (non-hydrogen) atoms. The molecule has 4 aliphatic rings. The Morgan fingerprint density at radius 1 is 1.12 bits per heavy atom. The Labute approximate surface area is 201 Å². The summed E-state index contributed by atoms with van der Waals surface area (Å²) in [7, 11) is 0. The van der Waals surface area contributed by atoms with Crippen LogP contribution in [0.2, 0.25) is 0 Å².